The van der Waals surface area contributed by atoms with Gasteiger partial charge in [0, 0.05) is 16.7 Å². The van der Waals surface area contributed by atoms with Gasteiger partial charge in [-0.3, -0.25) is 9.36 Å². The molecule has 140 valence electrons. The van der Waals surface area contributed by atoms with E-state index in [0.717, 1.165) is 52.4 Å². The van der Waals surface area contributed by atoms with E-state index in [2.05, 4.69) is 11.1 Å². The highest BCUT2D eigenvalue weighted by atomic mass is 32.2. The monoisotopic (exact) mass is 388 g/mol. The lowest BCUT2D eigenvalue weighted by Crippen LogP contribution is -2.29. The van der Waals surface area contributed by atoms with Crippen LogP contribution in [0.15, 0.2) is 22.1 Å². The SMILES string of the molecule is C=C(C)CSc1nc2sc3c(c2c(=O)n1C1CCCCC1)CCCCC3. The summed E-state index contributed by atoms with van der Waals surface area (Å²) < 4.78 is 2.06. The Morgan fingerprint density at radius 3 is 2.69 bits per heavy atom. The molecule has 0 spiro atoms. The lowest BCUT2D eigenvalue weighted by molar-refractivity contribution is 0.326. The van der Waals surface area contributed by atoms with Crippen molar-refractivity contribution in [3.63, 3.8) is 0 Å². The van der Waals surface area contributed by atoms with Crippen LogP contribution in [0, 0.1) is 0 Å². The van der Waals surface area contributed by atoms with Gasteiger partial charge in [0.05, 0.1) is 5.39 Å². The zero-order valence-corrected chi connectivity index (χ0v) is 17.3. The summed E-state index contributed by atoms with van der Waals surface area (Å²) in [6.45, 7) is 6.07. The molecule has 2 aliphatic carbocycles. The Kier molecular flexibility index (Phi) is 5.55. The molecule has 0 radical (unpaired) electrons. The van der Waals surface area contributed by atoms with E-state index in [0.29, 0.717) is 6.04 Å². The third-order valence-electron chi connectivity index (χ3n) is 5.63. The van der Waals surface area contributed by atoms with E-state index in [1.807, 2.05) is 6.92 Å². The lowest BCUT2D eigenvalue weighted by Gasteiger charge is -2.26. The molecule has 3 nitrogen and oxygen atoms in total. The molecular weight excluding hydrogens is 360 g/mol. The van der Waals surface area contributed by atoms with Crippen molar-refractivity contribution in [3.05, 3.63) is 32.9 Å². The fourth-order valence-electron chi connectivity index (χ4n) is 4.33. The minimum absolute atomic E-state index is 0.227. The summed E-state index contributed by atoms with van der Waals surface area (Å²) in [5.74, 6) is 0.829. The molecular formula is C21H28N2OS2. The molecule has 1 saturated carbocycles. The van der Waals surface area contributed by atoms with Gasteiger partial charge in [0.1, 0.15) is 4.83 Å². The van der Waals surface area contributed by atoms with E-state index >= 15 is 0 Å². The van der Waals surface area contributed by atoms with Gasteiger partial charge in [-0.15, -0.1) is 11.3 Å². The number of thiophene rings is 1. The third kappa shape index (κ3) is 3.53. The molecule has 0 atom stereocenters. The maximum atomic E-state index is 13.6. The quantitative estimate of drug-likeness (QED) is 0.283. The van der Waals surface area contributed by atoms with Gasteiger partial charge in [0.15, 0.2) is 5.16 Å². The standard InChI is InChI=1S/C21H28N2OS2/c1-14(2)13-25-21-22-19-18(16-11-7-4-8-12-17(16)26-19)20(24)23(21)15-9-5-3-6-10-15/h15H,1,3-13H2,2H3. The summed E-state index contributed by atoms with van der Waals surface area (Å²) >= 11 is 3.46. The Bertz CT molecular complexity index is 874. The number of aromatic nitrogens is 2. The zero-order valence-electron chi connectivity index (χ0n) is 15.7. The van der Waals surface area contributed by atoms with Crippen LogP contribution in [0.4, 0.5) is 0 Å². The van der Waals surface area contributed by atoms with Gasteiger partial charge in [0.2, 0.25) is 0 Å². The molecule has 2 heterocycles. The first-order chi connectivity index (χ1) is 12.6. The molecule has 0 saturated heterocycles. The Labute approximate surface area is 163 Å². The van der Waals surface area contributed by atoms with Crippen LogP contribution in [0.3, 0.4) is 0 Å². The molecule has 2 aliphatic rings. The van der Waals surface area contributed by atoms with Crippen LogP contribution in [-0.2, 0) is 12.8 Å². The highest BCUT2D eigenvalue weighted by Crippen LogP contribution is 2.36. The van der Waals surface area contributed by atoms with Crippen LogP contribution in [0.25, 0.3) is 10.2 Å². The summed E-state index contributed by atoms with van der Waals surface area (Å²) in [6, 6.07) is 0.321. The topological polar surface area (TPSA) is 34.9 Å². The minimum Gasteiger partial charge on any atom is -0.284 e. The number of nitrogens with zero attached hydrogens (tertiary/aromatic N) is 2. The number of fused-ring (bicyclic) bond motifs is 3. The Morgan fingerprint density at radius 2 is 1.92 bits per heavy atom. The van der Waals surface area contributed by atoms with Crippen molar-refractivity contribution < 1.29 is 0 Å². The largest absolute Gasteiger partial charge is 0.284 e. The van der Waals surface area contributed by atoms with Crippen molar-refractivity contribution >= 4 is 33.3 Å². The van der Waals surface area contributed by atoms with Crippen LogP contribution in [0.5, 0.6) is 0 Å². The van der Waals surface area contributed by atoms with Crippen LogP contribution in [0.2, 0.25) is 0 Å². The van der Waals surface area contributed by atoms with E-state index < -0.39 is 0 Å². The smallest absolute Gasteiger partial charge is 0.263 e. The second-order valence-corrected chi connectivity index (χ2v) is 9.88. The molecule has 0 amide bonds. The van der Waals surface area contributed by atoms with Crippen molar-refractivity contribution in [3.8, 4) is 0 Å². The molecule has 1 fully saturated rings. The van der Waals surface area contributed by atoms with E-state index in [9.17, 15) is 4.79 Å². The molecule has 5 heteroatoms. The Morgan fingerprint density at radius 1 is 1.19 bits per heavy atom. The molecule has 0 unspecified atom stereocenters. The number of hydrogen-bond acceptors (Lipinski definition) is 4. The number of rotatable bonds is 4. The fourth-order valence-corrected chi connectivity index (χ4v) is 6.54. The van der Waals surface area contributed by atoms with Gasteiger partial charge < -0.3 is 0 Å². The average Bonchev–Trinajstić information content (AvgIpc) is 2.82. The Balaban J connectivity index is 1.87. The van der Waals surface area contributed by atoms with Crippen LogP contribution in [0.1, 0.15) is 74.8 Å². The van der Waals surface area contributed by atoms with Crippen LogP contribution in [-0.4, -0.2) is 15.3 Å². The summed E-state index contributed by atoms with van der Waals surface area (Å²) in [4.78, 5) is 21.0. The van der Waals surface area contributed by atoms with Crippen molar-refractivity contribution in [2.24, 2.45) is 0 Å². The van der Waals surface area contributed by atoms with Gasteiger partial charge in [0.25, 0.3) is 5.56 Å². The maximum Gasteiger partial charge on any atom is 0.263 e. The molecule has 2 aromatic heterocycles. The van der Waals surface area contributed by atoms with Gasteiger partial charge in [-0.05, 0) is 51.0 Å². The highest BCUT2D eigenvalue weighted by molar-refractivity contribution is 7.99. The third-order valence-corrected chi connectivity index (χ3v) is 8.00. The molecule has 0 aromatic carbocycles. The second kappa shape index (κ2) is 7.89. The highest BCUT2D eigenvalue weighted by Gasteiger charge is 2.25. The van der Waals surface area contributed by atoms with Gasteiger partial charge in [-0.1, -0.05) is 49.6 Å². The van der Waals surface area contributed by atoms with Gasteiger partial charge >= 0.3 is 0 Å². The maximum absolute atomic E-state index is 13.6. The predicted octanol–water partition coefficient (Wildman–Crippen LogP) is 5.90. The number of hydrogen-bond donors (Lipinski definition) is 0. The van der Waals surface area contributed by atoms with Gasteiger partial charge in [-0.2, -0.15) is 0 Å². The summed E-state index contributed by atoms with van der Waals surface area (Å²) in [5, 5.41) is 1.85. The van der Waals surface area contributed by atoms with E-state index in [1.165, 1.54) is 49.0 Å². The molecule has 2 aromatic rings. The molecule has 0 aliphatic heterocycles. The molecule has 0 bridgehead atoms. The first kappa shape index (κ1) is 18.3. The number of thioether (sulfide) groups is 1. The summed E-state index contributed by atoms with van der Waals surface area (Å²) in [5.41, 5.74) is 2.67. The zero-order chi connectivity index (χ0) is 18.1. The van der Waals surface area contributed by atoms with Gasteiger partial charge in [-0.25, -0.2) is 4.98 Å². The molecule has 4 rings (SSSR count). The Hall–Kier alpha value is -1.07. The number of aryl methyl sites for hydroxylation is 2. The normalized spacial score (nSPS) is 18.7. The summed E-state index contributed by atoms with van der Waals surface area (Å²) in [7, 11) is 0. The first-order valence-electron chi connectivity index (χ1n) is 9.99. The van der Waals surface area contributed by atoms with Crippen LogP contribution < -0.4 is 5.56 Å². The predicted molar refractivity (Wildman–Crippen MR) is 113 cm³/mol. The van der Waals surface area contributed by atoms with Crippen molar-refractivity contribution in [2.45, 2.75) is 82.3 Å². The lowest BCUT2D eigenvalue weighted by atomic mass is 9.95. The molecule has 26 heavy (non-hydrogen) atoms. The van der Waals surface area contributed by atoms with Crippen molar-refractivity contribution in [1.29, 1.82) is 0 Å². The van der Waals surface area contributed by atoms with Crippen molar-refractivity contribution in [1.82, 2.24) is 9.55 Å². The van der Waals surface area contributed by atoms with Crippen LogP contribution >= 0.6 is 23.1 Å². The average molecular weight is 389 g/mol. The van der Waals surface area contributed by atoms with Crippen molar-refractivity contribution in [2.75, 3.05) is 5.75 Å². The molecule has 0 N–H and O–H groups in total. The van der Waals surface area contributed by atoms with E-state index in [-0.39, 0.29) is 5.56 Å². The summed E-state index contributed by atoms with van der Waals surface area (Å²) in [6.07, 6.45) is 11.9. The fraction of sp³-hybridized carbons (Fsp3) is 0.619. The second-order valence-electron chi connectivity index (χ2n) is 7.85. The van der Waals surface area contributed by atoms with E-state index in [1.54, 1.807) is 23.1 Å². The first-order valence-corrected chi connectivity index (χ1v) is 11.8. The van der Waals surface area contributed by atoms with E-state index in [4.69, 9.17) is 4.98 Å². The minimum atomic E-state index is 0.227.